The maximum Gasteiger partial charge on any atom is 0.269 e. The van der Waals surface area contributed by atoms with Crippen molar-refractivity contribution in [2.75, 3.05) is 7.11 Å². The standard InChI is InChI=1S/C15H14N2O5/c1-21-14-4-2-3-12(9-16-18)15(14)22-10-11-5-7-13(8-6-11)17(19)20/h2-9,18H,10H2,1H3. The zero-order valence-electron chi connectivity index (χ0n) is 11.8. The van der Waals surface area contributed by atoms with Crippen LogP contribution < -0.4 is 9.47 Å². The smallest absolute Gasteiger partial charge is 0.269 e. The van der Waals surface area contributed by atoms with E-state index in [1.54, 1.807) is 30.3 Å². The molecule has 0 radical (unpaired) electrons. The van der Waals surface area contributed by atoms with Crippen LogP contribution in [0.15, 0.2) is 47.6 Å². The van der Waals surface area contributed by atoms with E-state index in [0.717, 1.165) is 5.56 Å². The lowest BCUT2D eigenvalue weighted by atomic mass is 10.2. The first-order valence-corrected chi connectivity index (χ1v) is 6.36. The summed E-state index contributed by atoms with van der Waals surface area (Å²) < 4.78 is 10.9. The summed E-state index contributed by atoms with van der Waals surface area (Å²) in [4.78, 5) is 10.2. The highest BCUT2D eigenvalue weighted by atomic mass is 16.6. The van der Waals surface area contributed by atoms with Crippen molar-refractivity contribution in [1.29, 1.82) is 0 Å². The van der Waals surface area contributed by atoms with Gasteiger partial charge in [0.2, 0.25) is 0 Å². The van der Waals surface area contributed by atoms with E-state index in [1.807, 2.05) is 0 Å². The number of ether oxygens (including phenoxy) is 2. The van der Waals surface area contributed by atoms with Gasteiger partial charge in [-0.05, 0) is 29.8 Å². The zero-order chi connectivity index (χ0) is 15.9. The Kier molecular flexibility index (Phi) is 4.92. The van der Waals surface area contributed by atoms with E-state index in [4.69, 9.17) is 14.7 Å². The third-order valence-electron chi connectivity index (χ3n) is 2.96. The first kappa shape index (κ1) is 15.3. The van der Waals surface area contributed by atoms with Crippen molar-refractivity contribution in [1.82, 2.24) is 0 Å². The van der Waals surface area contributed by atoms with Gasteiger partial charge < -0.3 is 14.7 Å². The summed E-state index contributed by atoms with van der Waals surface area (Å²) in [6.45, 7) is 0.199. The maximum absolute atomic E-state index is 10.6. The molecule has 0 heterocycles. The molecule has 0 atom stereocenters. The van der Waals surface area contributed by atoms with Crippen molar-refractivity contribution in [2.24, 2.45) is 5.16 Å². The molecule has 0 bridgehead atoms. The van der Waals surface area contributed by atoms with Crippen LogP contribution in [0.5, 0.6) is 11.5 Å². The van der Waals surface area contributed by atoms with Crippen LogP contribution >= 0.6 is 0 Å². The summed E-state index contributed by atoms with van der Waals surface area (Å²) >= 11 is 0. The van der Waals surface area contributed by atoms with E-state index in [-0.39, 0.29) is 12.3 Å². The fourth-order valence-electron chi connectivity index (χ4n) is 1.88. The molecule has 7 nitrogen and oxygen atoms in total. The van der Waals surface area contributed by atoms with Gasteiger partial charge in [-0.1, -0.05) is 11.2 Å². The molecule has 7 heteroatoms. The van der Waals surface area contributed by atoms with Gasteiger partial charge in [0.05, 0.1) is 18.2 Å². The summed E-state index contributed by atoms with van der Waals surface area (Å²) in [5, 5.41) is 22.3. The van der Waals surface area contributed by atoms with Gasteiger partial charge in [-0.2, -0.15) is 0 Å². The second kappa shape index (κ2) is 7.07. The molecule has 0 fully saturated rings. The summed E-state index contributed by atoms with van der Waals surface area (Å²) in [5.41, 5.74) is 1.35. The number of hydrogen-bond acceptors (Lipinski definition) is 6. The van der Waals surface area contributed by atoms with Crippen LogP contribution in [-0.4, -0.2) is 23.5 Å². The van der Waals surface area contributed by atoms with Crippen LogP contribution in [0.3, 0.4) is 0 Å². The third-order valence-corrected chi connectivity index (χ3v) is 2.96. The van der Waals surface area contributed by atoms with Gasteiger partial charge in [0.1, 0.15) is 6.61 Å². The van der Waals surface area contributed by atoms with E-state index in [0.29, 0.717) is 17.1 Å². The van der Waals surface area contributed by atoms with Crippen LogP contribution in [-0.2, 0) is 6.61 Å². The van der Waals surface area contributed by atoms with E-state index < -0.39 is 4.92 Å². The van der Waals surface area contributed by atoms with E-state index in [1.165, 1.54) is 25.5 Å². The van der Waals surface area contributed by atoms with Crippen LogP contribution in [0.25, 0.3) is 0 Å². The zero-order valence-corrected chi connectivity index (χ0v) is 11.8. The SMILES string of the molecule is COc1cccc(C=NO)c1OCc1ccc([N+](=O)[O-])cc1. The number of methoxy groups -OCH3 is 1. The number of hydrogen-bond donors (Lipinski definition) is 1. The molecule has 0 aliphatic heterocycles. The quantitative estimate of drug-likeness (QED) is 0.383. The Morgan fingerprint density at radius 2 is 2.00 bits per heavy atom. The molecular formula is C15H14N2O5. The summed E-state index contributed by atoms with van der Waals surface area (Å²) in [6.07, 6.45) is 1.24. The average Bonchev–Trinajstić information content (AvgIpc) is 2.54. The van der Waals surface area contributed by atoms with Gasteiger partial charge in [-0.3, -0.25) is 10.1 Å². The van der Waals surface area contributed by atoms with Crippen LogP contribution in [0.1, 0.15) is 11.1 Å². The van der Waals surface area contributed by atoms with Gasteiger partial charge in [-0.15, -0.1) is 0 Å². The summed E-state index contributed by atoms with van der Waals surface area (Å²) in [7, 11) is 1.51. The Morgan fingerprint density at radius 3 is 2.59 bits per heavy atom. The first-order chi connectivity index (χ1) is 10.7. The molecule has 0 aliphatic carbocycles. The fourth-order valence-corrected chi connectivity index (χ4v) is 1.88. The lowest BCUT2D eigenvalue weighted by Crippen LogP contribution is -2.01. The number of para-hydroxylation sites is 1. The minimum atomic E-state index is -0.458. The molecule has 2 aromatic rings. The predicted molar refractivity (Wildman–Crippen MR) is 79.8 cm³/mol. The highest BCUT2D eigenvalue weighted by molar-refractivity contribution is 5.84. The van der Waals surface area contributed by atoms with Gasteiger partial charge in [0.25, 0.3) is 5.69 Å². The highest BCUT2D eigenvalue weighted by Gasteiger charge is 2.10. The van der Waals surface area contributed by atoms with Crippen molar-refractivity contribution >= 4 is 11.9 Å². The van der Waals surface area contributed by atoms with E-state index in [2.05, 4.69) is 5.16 Å². The Labute approximate surface area is 126 Å². The number of nitrogens with zero attached hydrogens (tertiary/aromatic N) is 2. The van der Waals surface area contributed by atoms with Gasteiger partial charge in [0.15, 0.2) is 11.5 Å². The van der Waals surface area contributed by atoms with Crippen molar-refractivity contribution in [3.8, 4) is 11.5 Å². The average molecular weight is 302 g/mol. The number of nitro benzene ring substituents is 1. The summed E-state index contributed by atoms with van der Waals surface area (Å²) in [5.74, 6) is 0.931. The first-order valence-electron chi connectivity index (χ1n) is 6.36. The lowest BCUT2D eigenvalue weighted by Gasteiger charge is -2.13. The molecular weight excluding hydrogens is 288 g/mol. The Hall–Kier alpha value is -3.09. The summed E-state index contributed by atoms with van der Waals surface area (Å²) in [6, 6.07) is 11.2. The molecule has 22 heavy (non-hydrogen) atoms. The largest absolute Gasteiger partial charge is 0.493 e. The minimum Gasteiger partial charge on any atom is -0.493 e. The Balaban J connectivity index is 2.18. The fraction of sp³-hybridized carbons (Fsp3) is 0.133. The van der Waals surface area contributed by atoms with E-state index >= 15 is 0 Å². The number of oxime groups is 1. The van der Waals surface area contributed by atoms with Crippen molar-refractivity contribution in [3.05, 3.63) is 63.7 Å². The lowest BCUT2D eigenvalue weighted by molar-refractivity contribution is -0.384. The number of rotatable bonds is 6. The Morgan fingerprint density at radius 1 is 1.27 bits per heavy atom. The monoisotopic (exact) mass is 302 g/mol. The molecule has 0 unspecified atom stereocenters. The minimum absolute atomic E-state index is 0.0224. The topological polar surface area (TPSA) is 94.2 Å². The van der Waals surface area contributed by atoms with Crippen molar-refractivity contribution < 1.29 is 19.6 Å². The molecule has 114 valence electrons. The number of non-ortho nitro benzene ring substituents is 1. The Bertz CT molecular complexity index is 683. The van der Waals surface area contributed by atoms with Crippen LogP contribution in [0.2, 0.25) is 0 Å². The van der Waals surface area contributed by atoms with Crippen LogP contribution in [0.4, 0.5) is 5.69 Å². The van der Waals surface area contributed by atoms with E-state index in [9.17, 15) is 10.1 Å². The molecule has 0 spiro atoms. The molecule has 2 rings (SSSR count). The highest BCUT2D eigenvalue weighted by Crippen LogP contribution is 2.31. The molecule has 0 saturated heterocycles. The third kappa shape index (κ3) is 3.51. The van der Waals surface area contributed by atoms with Crippen LogP contribution in [0, 0.1) is 10.1 Å². The number of benzene rings is 2. The molecule has 2 aromatic carbocycles. The number of nitro groups is 1. The molecule has 0 amide bonds. The molecule has 0 aliphatic rings. The van der Waals surface area contributed by atoms with Gasteiger partial charge in [0, 0.05) is 17.7 Å². The van der Waals surface area contributed by atoms with Gasteiger partial charge >= 0.3 is 0 Å². The normalized spacial score (nSPS) is 10.6. The molecule has 0 saturated carbocycles. The van der Waals surface area contributed by atoms with Crippen molar-refractivity contribution in [3.63, 3.8) is 0 Å². The molecule has 1 N–H and O–H groups in total. The predicted octanol–water partition coefficient (Wildman–Crippen LogP) is 2.99. The second-order valence-corrected chi connectivity index (χ2v) is 4.34. The molecule has 0 aromatic heterocycles. The second-order valence-electron chi connectivity index (χ2n) is 4.34. The van der Waals surface area contributed by atoms with Gasteiger partial charge in [-0.25, -0.2) is 0 Å². The maximum atomic E-state index is 10.6. The van der Waals surface area contributed by atoms with Crippen molar-refractivity contribution in [2.45, 2.75) is 6.61 Å².